The van der Waals surface area contributed by atoms with Crippen LogP contribution in [0.25, 0.3) is 10.4 Å². The smallest absolute Gasteiger partial charge is 0.338 e. The van der Waals surface area contributed by atoms with E-state index in [0.717, 1.165) is 12.7 Å². The van der Waals surface area contributed by atoms with Crippen molar-refractivity contribution < 1.29 is 24.5 Å². The maximum absolute atomic E-state index is 11.2. The highest BCUT2D eigenvalue weighted by molar-refractivity contribution is 9.08. The predicted octanol–water partition coefficient (Wildman–Crippen LogP) is 5.48. The van der Waals surface area contributed by atoms with Crippen LogP contribution in [0, 0.1) is 0 Å². The van der Waals surface area contributed by atoms with E-state index < -0.39 is 5.97 Å². The van der Waals surface area contributed by atoms with Gasteiger partial charge in [0, 0.05) is 27.4 Å². The summed E-state index contributed by atoms with van der Waals surface area (Å²) in [6, 6.07) is 9.54. The van der Waals surface area contributed by atoms with Crippen LogP contribution in [0.3, 0.4) is 0 Å². The van der Waals surface area contributed by atoms with Crippen LogP contribution < -0.4 is 0 Å². The number of aromatic carboxylic acids is 1. The monoisotopic (exact) mass is 505 g/mol. The molecular weight excluding hydrogens is 489 g/mol. The molecule has 0 atom stereocenters. The minimum absolute atomic E-state index is 0.00923. The number of rotatable bonds is 5. The van der Waals surface area contributed by atoms with E-state index in [0.29, 0.717) is 26.5 Å². The van der Waals surface area contributed by atoms with Gasteiger partial charge in [-0.1, -0.05) is 56.4 Å². The molecule has 0 saturated heterocycles. The number of carbonyl (C=O) groups is 2. The molecule has 0 unspecified atom stereocenters. The topological polar surface area (TPSA) is 133 Å². The summed E-state index contributed by atoms with van der Waals surface area (Å²) in [6.45, 7) is 0.00923. The van der Waals surface area contributed by atoms with E-state index in [9.17, 15) is 9.59 Å². The zero-order chi connectivity index (χ0) is 22.4. The third kappa shape index (κ3) is 9.17. The first kappa shape index (κ1) is 26.7. The number of carbonyl (C=O) groups excluding carboxylic acids is 1. The summed E-state index contributed by atoms with van der Waals surface area (Å²) in [5.41, 5.74) is 9.98. The molecule has 0 amide bonds. The van der Waals surface area contributed by atoms with Crippen LogP contribution in [0.1, 0.15) is 31.8 Å². The fraction of sp³-hybridized carbons (Fsp3) is 0.222. The van der Waals surface area contributed by atoms with Crippen LogP contribution in [-0.4, -0.2) is 36.4 Å². The van der Waals surface area contributed by atoms with Crippen molar-refractivity contribution in [1.29, 1.82) is 0 Å². The predicted molar refractivity (Wildman–Crippen MR) is 115 cm³/mol. The van der Waals surface area contributed by atoms with E-state index in [1.54, 1.807) is 24.3 Å². The average Bonchev–Trinajstić information content (AvgIpc) is 2.74. The van der Waals surface area contributed by atoms with Gasteiger partial charge in [0.1, 0.15) is 0 Å². The van der Waals surface area contributed by atoms with Gasteiger partial charge in [-0.15, -0.1) is 0 Å². The molecule has 2 rings (SSSR count). The Bertz CT molecular complexity index is 890. The zero-order valence-corrected chi connectivity index (χ0v) is 18.6. The molecular formula is C18H18BrCl2N3O5. The van der Waals surface area contributed by atoms with Crippen LogP contribution in [0.15, 0.2) is 41.5 Å². The van der Waals surface area contributed by atoms with Gasteiger partial charge in [-0.05, 0) is 40.9 Å². The van der Waals surface area contributed by atoms with E-state index in [4.69, 9.17) is 38.9 Å². The molecule has 11 heteroatoms. The van der Waals surface area contributed by atoms with Crippen molar-refractivity contribution in [2.45, 2.75) is 11.9 Å². The lowest BCUT2D eigenvalue weighted by Gasteiger charge is -2.04. The number of ether oxygens (including phenoxy) is 1. The Hall–Kier alpha value is -2.29. The number of hydrogen-bond acceptors (Lipinski definition) is 5. The molecule has 0 bridgehead atoms. The Balaban J connectivity index is 0.000000499. The summed E-state index contributed by atoms with van der Waals surface area (Å²) in [6.07, 6.45) is 0. The third-order valence-electron chi connectivity index (χ3n) is 3.23. The Morgan fingerprint density at radius 2 is 1.62 bits per heavy atom. The number of azide groups is 1. The lowest BCUT2D eigenvalue weighted by Crippen LogP contribution is -2.04. The molecule has 0 fully saturated rings. The standard InChI is InChI=1S/C9H8BrClO2.C8H6ClN3O2.CH4O/c1-13-9(12)8-4-7(11)3-2-6(8)5-10;9-6-2-1-5(4-11-12-10)7(3-6)8(13)14;1-2/h2-4H,5H2,1H3;1-3H,4H2,(H,13,14);2H,1H3. The molecule has 0 aliphatic carbocycles. The number of methoxy groups -OCH3 is 1. The van der Waals surface area contributed by atoms with Crippen LogP contribution in [0.2, 0.25) is 10.0 Å². The van der Waals surface area contributed by atoms with Crippen LogP contribution in [0.5, 0.6) is 0 Å². The molecule has 156 valence electrons. The van der Waals surface area contributed by atoms with Gasteiger partial charge >= 0.3 is 11.9 Å². The lowest BCUT2D eigenvalue weighted by molar-refractivity contribution is 0.0599. The molecule has 2 N–H and O–H groups in total. The Morgan fingerprint density at radius 1 is 1.10 bits per heavy atom. The van der Waals surface area contributed by atoms with Crippen molar-refractivity contribution >= 4 is 51.1 Å². The number of halogens is 3. The van der Waals surface area contributed by atoms with Crippen LogP contribution in [0.4, 0.5) is 0 Å². The van der Waals surface area contributed by atoms with Gasteiger partial charge in [0.05, 0.1) is 24.8 Å². The minimum atomic E-state index is -1.09. The van der Waals surface area contributed by atoms with Crippen LogP contribution >= 0.6 is 39.1 Å². The quantitative estimate of drug-likeness (QED) is 0.182. The van der Waals surface area contributed by atoms with Crippen molar-refractivity contribution in [2.75, 3.05) is 14.2 Å². The summed E-state index contributed by atoms with van der Waals surface area (Å²) in [7, 11) is 2.35. The SMILES string of the molecule is CO.COC(=O)c1cc(Cl)ccc1CBr.[N-]=[N+]=NCc1ccc(Cl)cc1C(=O)O. The van der Waals surface area contributed by atoms with Gasteiger partial charge in [0.2, 0.25) is 0 Å². The number of alkyl halides is 1. The summed E-state index contributed by atoms with van der Waals surface area (Å²) in [5.74, 6) is -1.45. The molecule has 29 heavy (non-hydrogen) atoms. The van der Waals surface area contributed by atoms with Gasteiger partial charge in [-0.3, -0.25) is 0 Å². The first-order valence-electron chi connectivity index (χ1n) is 7.74. The van der Waals surface area contributed by atoms with E-state index in [1.165, 1.54) is 19.2 Å². The Kier molecular flexibility index (Phi) is 13.5. The average molecular weight is 507 g/mol. The summed E-state index contributed by atoms with van der Waals surface area (Å²) >= 11 is 14.7. The second kappa shape index (κ2) is 14.7. The fourth-order valence-electron chi connectivity index (χ4n) is 1.96. The highest BCUT2D eigenvalue weighted by Crippen LogP contribution is 2.19. The van der Waals surface area contributed by atoms with E-state index in [-0.39, 0.29) is 18.1 Å². The maximum atomic E-state index is 11.2. The summed E-state index contributed by atoms with van der Waals surface area (Å²) in [5, 5.41) is 20.6. The molecule has 0 aliphatic heterocycles. The van der Waals surface area contributed by atoms with Crippen molar-refractivity contribution in [3.8, 4) is 0 Å². The largest absolute Gasteiger partial charge is 0.478 e. The highest BCUT2D eigenvalue weighted by atomic mass is 79.9. The number of benzene rings is 2. The number of carboxylic acid groups (broad SMARTS) is 1. The number of esters is 1. The maximum Gasteiger partial charge on any atom is 0.338 e. The second-order valence-electron chi connectivity index (χ2n) is 4.92. The van der Waals surface area contributed by atoms with Gasteiger partial charge in [0.15, 0.2) is 0 Å². The Morgan fingerprint density at radius 3 is 2.07 bits per heavy atom. The number of nitrogens with zero attached hydrogens (tertiary/aromatic N) is 3. The number of aliphatic hydroxyl groups is 1. The van der Waals surface area contributed by atoms with Gasteiger partial charge in [0.25, 0.3) is 0 Å². The van der Waals surface area contributed by atoms with Gasteiger partial charge < -0.3 is 14.9 Å². The molecule has 0 spiro atoms. The van der Waals surface area contributed by atoms with E-state index >= 15 is 0 Å². The van der Waals surface area contributed by atoms with Crippen molar-refractivity contribution in [3.05, 3.63) is 79.1 Å². The first-order valence-corrected chi connectivity index (χ1v) is 9.61. The molecule has 8 nitrogen and oxygen atoms in total. The minimum Gasteiger partial charge on any atom is -0.478 e. The zero-order valence-electron chi connectivity index (χ0n) is 15.5. The normalized spacial score (nSPS) is 9.03. The molecule has 0 saturated carbocycles. The summed E-state index contributed by atoms with van der Waals surface area (Å²) < 4.78 is 4.62. The number of carboxylic acids is 1. The van der Waals surface area contributed by atoms with Crippen molar-refractivity contribution in [3.63, 3.8) is 0 Å². The van der Waals surface area contributed by atoms with E-state index in [1.807, 2.05) is 0 Å². The fourth-order valence-corrected chi connectivity index (χ4v) is 2.79. The number of hydrogen-bond donors (Lipinski definition) is 2. The third-order valence-corrected chi connectivity index (χ3v) is 4.30. The molecule has 2 aromatic carbocycles. The van der Waals surface area contributed by atoms with Crippen molar-refractivity contribution in [1.82, 2.24) is 0 Å². The molecule has 0 aliphatic rings. The van der Waals surface area contributed by atoms with Gasteiger partial charge in [-0.25, -0.2) is 9.59 Å². The second-order valence-corrected chi connectivity index (χ2v) is 6.36. The molecule has 0 heterocycles. The van der Waals surface area contributed by atoms with Crippen molar-refractivity contribution in [2.24, 2.45) is 5.11 Å². The summed E-state index contributed by atoms with van der Waals surface area (Å²) in [4.78, 5) is 24.5. The number of aliphatic hydroxyl groups excluding tert-OH is 1. The molecule has 2 aromatic rings. The van der Waals surface area contributed by atoms with Crippen LogP contribution in [-0.2, 0) is 16.6 Å². The highest BCUT2D eigenvalue weighted by Gasteiger charge is 2.11. The first-order chi connectivity index (χ1) is 13.8. The Labute approximate surface area is 185 Å². The van der Waals surface area contributed by atoms with E-state index in [2.05, 4.69) is 30.7 Å². The van der Waals surface area contributed by atoms with Gasteiger partial charge in [-0.2, -0.15) is 0 Å². The lowest BCUT2D eigenvalue weighted by atomic mass is 10.1. The molecule has 0 radical (unpaired) electrons. The molecule has 0 aromatic heterocycles.